The molecule has 0 bridgehead atoms. The van der Waals surface area contributed by atoms with Crippen LogP contribution in [0.4, 0.5) is 0 Å². The molecule has 0 aliphatic rings. The normalized spacial score (nSPS) is 11.7. The van der Waals surface area contributed by atoms with Crippen LogP contribution in [-0.4, -0.2) is 18.1 Å². The molecule has 0 rings (SSSR count). The fourth-order valence-corrected chi connectivity index (χ4v) is 0.550. The molecule has 0 aromatic carbocycles. The van der Waals surface area contributed by atoms with E-state index in [1.807, 2.05) is 20.8 Å². The number of nitrogens with one attached hydrogen (secondary N) is 1. The number of hydrogen-bond acceptors (Lipinski definition) is 3. The van der Waals surface area contributed by atoms with E-state index in [9.17, 15) is 4.79 Å². The van der Waals surface area contributed by atoms with E-state index in [1.54, 1.807) is 13.1 Å². The van der Waals surface area contributed by atoms with Crippen LogP contribution in [0, 0.1) is 0 Å². The highest BCUT2D eigenvalue weighted by Gasteiger charge is 2.04. The number of carbonyl (C=O) groups is 1. The zero-order valence-corrected chi connectivity index (χ0v) is 8.18. The molecule has 0 aromatic heterocycles. The Labute approximate surface area is 73.8 Å². The monoisotopic (exact) mass is 171 g/mol. The van der Waals surface area contributed by atoms with Crippen molar-refractivity contribution < 1.29 is 9.53 Å². The van der Waals surface area contributed by atoms with Crippen LogP contribution in [0.15, 0.2) is 12.3 Å². The van der Waals surface area contributed by atoms with Gasteiger partial charge in [-0.3, -0.25) is 0 Å². The third-order valence-corrected chi connectivity index (χ3v) is 1.02. The topological polar surface area (TPSA) is 38.3 Å². The largest absolute Gasteiger partial charge is 0.463 e. The zero-order chi connectivity index (χ0) is 9.61. The molecule has 0 atom stereocenters. The summed E-state index contributed by atoms with van der Waals surface area (Å²) in [5.74, 6) is -0.311. The van der Waals surface area contributed by atoms with Gasteiger partial charge in [-0.05, 0) is 27.7 Å². The fourth-order valence-electron chi connectivity index (χ4n) is 0.550. The average molecular weight is 171 g/mol. The average Bonchev–Trinajstić information content (AvgIpc) is 1.84. The molecule has 3 nitrogen and oxygen atoms in total. The summed E-state index contributed by atoms with van der Waals surface area (Å²) in [6.45, 7) is 8.25. The van der Waals surface area contributed by atoms with E-state index in [1.165, 1.54) is 6.08 Å². The molecule has 0 saturated heterocycles. The van der Waals surface area contributed by atoms with Crippen molar-refractivity contribution in [3.8, 4) is 0 Å². The van der Waals surface area contributed by atoms with Crippen LogP contribution in [0.1, 0.15) is 27.7 Å². The molecule has 0 aliphatic heterocycles. The van der Waals surface area contributed by atoms with Gasteiger partial charge in [-0.25, -0.2) is 4.79 Å². The molecule has 1 N–H and O–H groups in total. The van der Waals surface area contributed by atoms with Crippen LogP contribution in [0.3, 0.4) is 0 Å². The standard InChI is InChI=1S/C9H17NO2/c1-5-12-8(11)6-7-10-9(2,3)4/h6-7,10H,5H2,1-4H3. The van der Waals surface area contributed by atoms with Gasteiger partial charge < -0.3 is 10.1 Å². The molecule has 0 unspecified atom stereocenters. The molecule has 0 fully saturated rings. The highest BCUT2D eigenvalue weighted by Crippen LogP contribution is 1.97. The van der Waals surface area contributed by atoms with Crippen molar-refractivity contribution in [2.75, 3.05) is 6.61 Å². The minimum absolute atomic E-state index is 0.0109. The molecule has 70 valence electrons. The van der Waals surface area contributed by atoms with Gasteiger partial charge in [0.15, 0.2) is 0 Å². The Balaban J connectivity index is 3.69. The first kappa shape index (κ1) is 11.0. The first-order valence-corrected chi connectivity index (χ1v) is 4.06. The predicted molar refractivity (Wildman–Crippen MR) is 48.7 cm³/mol. The molecular weight excluding hydrogens is 154 g/mol. The van der Waals surface area contributed by atoms with Gasteiger partial charge in [0.1, 0.15) is 0 Å². The van der Waals surface area contributed by atoms with Crippen molar-refractivity contribution in [3.05, 3.63) is 12.3 Å². The van der Waals surface area contributed by atoms with Crippen LogP contribution in [0.5, 0.6) is 0 Å². The van der Waals surface area contributed by atoms with Crippen molar-refractivity contribution in [1.29, 1.82) is 0 Å². The summed E-state index contributed by atoms with van der Waals surface area (Å²) >= 11 is 0. The van der Waals surface area contributed by atoms with Gasteiger partial charge in [0.25, 0.3) is 0 Å². The quantitative estimate of drug-likeness (QED) is 0.516. The summed E-state index contributed by atoms with van der Waals surface area (Å²) in [7, 11) is 0. The van der Waals surface area contributed by atoms with Gasteiger partial charge >= 0.3 is 5.97 Å². The highest BCUT2D eigenvalue weighted by atomic mass is 16.5. The maximum Gasteiger partial charge on any atom is 0.332 e. The molecule has 12 heavy (non-hydrogen) atoms. The summed E-state index contributed by atoms with van der Waals surface area (Å²) in [5.41, 5.74) is -0.0109. The Morgan fingerprint density at radius 3 is 2.50 bits per heavy atom. The van der Waals surface area contributed by atoms with E-state index in [-0.39, 0.29) is 11.5 Å². The number of rotatable bonds is 3. The summed E-state index contributed by atoms with van der Waals surface area (Å²) in [6, 6.07) is 0. The van der Waals surface area contributed by atoms with Gasteiger partial charge in [-0.1, -0.05) is 0 Å². The third-order valence-electron chi connectivity index (χ3n) is 1.02. The molecule has 0 amide bonds. The van der Waals surface area contributed by atoms with Crippen LogP contribution < -0.4 is 5.32 Å². The van der Waals surface area contributed by atoms with Crippen LogP contribution in [0.2, 0.25) is 0 Å². The van der Waals surface area contributed by atoms with Gasteiger partial charge in [0, 0.05) is 17.8 Å². The zero-order valence-electron chi connectivity index (χ0n) is 8.18. The highest BCUT2D eigenvalue weighted by molar-refractivity contribution is 5.81. The maximum atomic E-state index is 10.8. The predicted octanol–water partition coefficient (Wildman–Crippen LogP) is 1.45. The van der Waals surface area contributed by atoms with Crippen molar-refractivity contribution in [3.63, 3.8) is 0 Å². The third kappa shape index (κ3) is 7.12. The Hall–Kier alpha value is -0.990. The van der Waals surface area contributed by atoms with Crippen molar-refractivity contribution >= 4 is 5.97 Å². The Bertz CT molecular complexity index is 168. The minimum atomic E-state index is -0.311. The fraction of sp³-hybridized carbons (Fsp3) is 0.667. The molecule has 0 radical (unpaired) electrons. The summed E-state index contributed by atoms with van der Waals surface area (Å²) < 4.78 is 4.69. The van der Waals surface area contributed by atoms with Crippen LogP contribution in [0.25, 0.3) is 0 Å². The van der Waals surface area contributed by atoms with Gasteiger partial charge in [-0.15, -0.1) is 0 Å². The molecule has 0 heterocycles. The van der Waals surface area contributed by atoms with E-state index in [2.05, 4.69) is 5.32 Å². The molecular formula is C9H17NO2. The summed E-state index contributed by atoms with van der Waals surface area (Å²) in [6.07, 6.45) is 2.99. The van der Waals surface area contributed by atoms with E-state index >= 15 is 0 Å². The Morgan fingerprint density at radius 1 is 1.50 bits per heavy atom. The lowest BCUT2D eigenvalue weighted by atomic mass is 10.1. The maximum absolute atomic E-state index is 10.8. The first-order chi connectivity index (χ1) is 5.45. The minimum Gasteiger partial charge on any atom is -0.463 e. The van der Waals surface area contributed by atoms with Crippen molar-refractivity contribution in [1.82, 2.24) is 5.32 Å². The van der Waals surface area contributed by atoms with E-state index < -0.39 is 0 Å². The summed E-state index contributed by atoms with van der Waals surface area (Å²) in [5, 5.41) is 3.03. The Morgan fingerprint density at radius 2 is 2.08 bits per heavy atom. The molecule has 0 aliphatic carbocycles. The smallest absolute Gasteiger partial charge is 0.332 e. The first-order valence-electron chi connectivity index (χ1n) is 4.06. The van der Waals surface area contributed by atoms with Crippen LogP contribution >= 0.6 is 0 Å². The lowest BCUT2D eigenvalue weighted by Gasteiger charge is -2.18. The van der Waals surface area contributed by atoms with Gasteiger partial charge in [-0.2, -0.15) is 0 Å². The van der Waals surface area contributed by atoms with E-state index in [4.69, 9.17) is 4.74 Å². The molecule has 3 heteroatoms. The number of hydrogen-bond donors (Lipinski definition) is 1. The summed E-state index contributed by atoms with van der Waals surface area (Å²) in [4.78, 5) is 10.8. The lowest BCUT2D eigenvalue weighted by Crippen LogP contribution is -2.31. The second-order valence-electron chi connectivity index (χ2n) is 3.48. The molecule has 0 saturated carbocycles. The lowest BCUT2D eigenvalue weighted by molar-refractivity contribution is -0.137. The van der Waals surface area contributed by atoms with Gasteiger partial charge in [0.05, 0.1) is 6.61 Å². The molecule has 0 aromatic rings. The van der Waals surface area contributed by atoms with E-state index in [0.29, 0.717) is 6.61 Å². The van der Waals surface area contributed by atoms with Crippen molar-refractivity contribution in [2.24, 2.45) is 0 Å². The number of esters is 1. The number of carbonyl (C=O) groups excluding carboxylic acids is 1. The van der Waals surface area contributed by atoms with E-state index in [0.717, 1.165) is 0 Å². The van der Waals surface area contributed by atoms with Gasteiger partial charge in [0.2, 0.25) is 0 Å². The number of ether oxygens (including phenoxy) is 1. The Kier molecular flexibility index (Phi) is 4.40. The van der Waals surface area contributed by atoms with Crippen molar-refractivity contribution in [2.45, 2.75) is 33.2 Å². The van der Waals surface area contributed by atoms with Crippen LogP contribution in [-0.2, 0) is 9.53 Å². The second-order valence-corrected chi connectivity index (χ2v) is 3.48. The SMILES string of the molecule is CCOC(=O)C=CNC(C)(C)C. The molecule has 0 spiro atoms. The second kappa shape index (κ2) is 4.80.